The molecule has 0 spiro atoms. The van der Waals surface area contributed by atoms with Crippen LogP contribution in [-0.2, 0) is 0 Å². The highest BCUT2D eigenvalue weighted by Crippen LogP contribution is 2.35. The molecular weight excluding hydrogens is 264 g/mol. The lowest BCUT2D eigenvalue weighted by Crippen LogP contribution is -2.18. The van der Waals surface area contributed by atoms with Crippen LogP contribution in [0.5, 0.6) is 0 Å². The highest BCUT2D eigenvalue weighted by atomic mass is 32.1. The molecule has 1 nitrogen and oxygen atoms in total. The van der Waals surface area contributed by atoms with E-state index < -0.39 is 0 Å². The van der Waals surface area contributed by atoms with Crippen molar-refractivity contribution in [1.82, 2.24) is 0 Å². The molecule has 0 amide bonds. The molecule has 1 unspecified atom stereocenters. The average Bonchev–Trinajstić information content (AvgIpc) is 3.18. The summed E-state index contributed by atoms with van der Waals surface area (Å²) in [6.45, 7) is 2.11. The third-order valence-electron chi connectivity index (χ3n) is 4.47. The van der Waals surface area contributed by atoms with Gasteiger partial charge in [-0.25, -0.2) is 0 Å². The van der Waals surface area contributed by atoms with Crippen molar-refractivity contribution in [2.75, 3.05) is 0 Å². The molecule has 2 aromatic rings. The molecule has 104 valence electrons. The van der Waals surface area contributed by atoms with Crippen LogP contribution in [0.2, 0.25) is 0 Å². The Balaban J connectivity index is 1.78. The van der Waals surface area contributed by atoms with Crippen molar-refractivity contribution in [3.63, 3.8) is 0 Å². The first-order chi connectivity index (χ1) is 9.75. The van der Waals surface area contributed by atoms with Crippen LogP contribution in [0.3, 0.4) is 0 Å². The highest BCUT2D eigenvalue weighted by molar-refractivity contribution is 7.12. The van der Waals surface area contributed by atoms with Crippen LogP contribution in [0.4, 0.5) is 0 Å². The van der Waals surface area contributed by atoms with Gasteiger partial charge in [0.2, 0.25) is 0 Å². The molecule has 1 heterocycles. The topological polar surface area (TPSA) is 17.1 Å². The predicted octanol–water partition coefficient (Wildman–Crippen LogP) is 5.42. The minimum absolute atomic E-state index is 0.180. The summed E-state index contributed by atoms with van der Waals surface area (Å²) < 4.78 is 0. The van der Waals surface area contributed by atoms with Crippen LogP contribution in [0.25, 0.3) is 11.1 Å². The van der Waals surface area contributed by atoms with E-state index in [4.69, 9.17) is 0 Å². The van der Waals surface area contributed by atoms with Crippen molar-refractivity contribution in [3.8, 4) is 11.1 Å². The van der Waals surface area contributed by atoms with Gasteiger partial charge in [0.1, 0.15) is 0 Å². The molecule has 1 aromatic carbocycles. The number of hydrogen-bond donors (Lipinski definition) is 0. The van der Waals surface area contributed by atoms with E-state index >= 15 is 0 Å². The summed E-state index contributed by atoms with van der Waals surface area (Å²) in [5.41, 5.74) is 2.36. The molecule has 0 bridgehead atoms. The van der Waals surface area contributed by atoms with Crippen molar-refractivity contribution in [1.29, 1.82) is 0 Å². The fraction of sp³-hybridized carbons (Fsp3) is 0.389. The van der Waals surface area contributed by atoms with Gasteiger partial charge in [-0.05, 0) is 41.3 Å². The van der Waals surface area contributed by atoms with Crippen LogP contribution >= 0.6 is 11.3 Å². The zero-order chi connectivity index (χ0) is 13.9. The number of ketones is 1. The highest BCUT2D eigenvalue weighted by Gasteiger charge is 2.28. The van der Waals surface area contributed by atoms with Crippen LogP contribution < -0.4 is 0 Å². The minimum atomic E-state index is 0.180. The normalized spacial score (nSPS) is 17.2. The second-order valence-electron chi connectivity index (χ2n) is 5.76. The maximum atomic E-state index is 12.6. The van der Waals surface area contributed by atoms with E-state index in [1.165, 1.54) is 31.2 Å². The standard InChI is InChI=1S/C18H20OS/c1-13(14-7-5-6-8-14)18(19)17-11-16(12-20-17)15-9-3-2-4-10-15/h2-4,9-14H,5-8H2,1H3. The van der Waals surface area contributed by atoms with Crippen molar-refractivity contribution in [2.24, 2.45) is 11.8 Å². The summed E-state index contributed by atoms with van der Waals surface area (Å²) in [6, 6.07) is 12.3. The summed E-state index contributed by atoms with van der Waals surface area (Å²) in [6.07, 6.45) is 5.04. The molecule has 1 fully saturated rings. The van der Waals surface area contributed by atoms with E-state index in [2.05, 4.69) is 30.5 Å². The third-order valence-corrected chi connectivity index (χ3v) is 5.41. The van der Waals surface area contributed by atoms with Gasteiger partial charge >= 0.3 is 0 Å². The molecule has 1 saturated carbocycles. The molecular formula is C18H20OS. The molecule has 0 radical (unpaired) electrons. The smallest absolute Gasteiger partial charge is 0.175 e. The summed E-state index contributed by atoms with van der Waals surface area (Å²) in [5.74, 6) is 1.12. The van der Waals surface area contributed by atoms with Gasteiger partial charge < -0.3 is 0 Å². The van der Waals surface area contributed by atoms with Crippen molar-refractivity contribution < 1.29 is 4.79 Å². The van der Waals surface area contributed by atoms with E-state index in [1.807, 2.05) is 18.2 Å². The predicted molar refractivity (Wildman–Crippen MR) is 85.2 cm³/mol. The largest absolute Gasteiger partial charge is 0.293 e. The Morgan fingerprint density at radius 1 is 1.15 bits per heavy atom. The Labute approximate surface area is 124 Å². The number of benzene rings is 1. The van der Waals surface area contributed by atoms with E-state index in [1.54, 1.807) is 11.3 Å². The fourth-order valence-electron chi connectivity index (χ4n) is 3.14. The van der Waals surface area contributed by atoms with Crippen LogP contribution in [0, 0.1) is 11.8 Å². The lowest BCUT2D eigenvalue weighted by Gasteiger charge is -2.16. The molecule has 3 rings (SSSR count). The fourth-order valence-corrected chi connectivity index (χ4v) is 4.10. The zero-order valence-corrected chi connectivity index (χ0v) is 12.7. The monoisotopic (exact) mass is 284 g/mol. The molecule has 0 aliphatic heterocycles. The molecule has 20 heavy (non-hydrogen) atoms. The van der Waals surface area contributed by atoms with Crippen LogP contribution in [-0.4, -0.2) is 5.78 Å². The van der Waals surface area contributed by atoms with Gasteiger partial charge in [0.25, 0.3) is 0 Å². The molecule has 0 saturated heterocycles. The molecule has 1 aliphatic carbocycles. The second kappa shape index (κ2) is 5.92. The first-order valence-corrected chi connectivity index (χ1v) is 8.32. The van der Waals surface area contributed by atoms with Gasteiger partial charge in [0, 0.05) is 5.92 Å². The van der Waals surface area contributed by atoms with Crippen molar-refractivity contribution in [3.05, 3.63) is 46.7 Å². The van der Waals surface area contributed by atoms with Crippen LogP contribution in [0.1, 0.15) is 42.3 Å². The molecule has 1 aromatic heterocycles. The van der Waals surface area contributed by atoms with Gasteiger partial charge in [-0.2, -0.15) is 0 Å². The van der Waals surface area contributed by atoms with Gasteiger partial charge in [-0.1, -0.05) is 50.1 Å². The Bertz CT molecular complexity index is 578. The van der Waals surface area contributed by atoms with E-state index in [-0.39, 0.29) is 5.92 Å². The maximum absolute atomic E-state index is 12.6. The average molecular weight is 284 g/mol. The number of rotatable bonds is 4. The summed E-state index contributed by atoms with van der Waals surface area (Å²) >= 11 is 1.59. The lowest BCUT2D eigenvalue weighted by molar-refractivity contribution is 0.0892. The number of hydrogen-bond acceptors (Lipinski definition) is 2. The van der Waals surface area contributed by atoms with Crippen molar-refractivity contribution >= 4 is 17.1 Å². The van der Waals surface area contributed by atoms with Crippen molar-refractivity contribution in [2.45, 2.75) is 32.6 Å². The maximum Gasteiger partial charge on any atom is 0.175 e. The van der Waals surface area contributed by atoms with Gasteiger partial charge in [0.15, 0.2) is 5.78 Å². The summed E-state index contributed by atoms with van der Waals surface area (Å²) in [5, 5.41) is 2.10. The number of Topliss-reactive ketones (excluding diaryl/α,β-unsaturated/α-hetero) is 1. The van der Waals surface area contributed by atoms with Gasteiger partial charge in [0.05, 0.1) is 4.88 Å². The Kier molecular flexibility index (Phi) is 4.02. The van der Waals surface area contributed by atoms with E-state index in [9.17, 15) is 4.79 Å². The molecule has 1 atom stereocenters. The van der Waals surface area contributed by atoms with Gasteiger partial charge in [-0.3, -0.25) is 4.79 Å². The van der Waals surface area contributed by atoms with E-state index in [0.717, 1.165) is 10.4 Å². The first kappa shape index (κ1) is 13.6. The Morgan fingerprint density at radius 2 is 1.85 bits per heavy atom. The van der Waals surface area contributed by atoms with Crippen LogP contribution in [0.15, 0.2) is 41.8 Å². The van der Waals surface area contributed by atoms with E-state index in [0.29, 0.717) is 11.7 Å². The molecule has 0 N–H and O–H groups in total. The Morgan fingerprint density at radius 3 is 2.55 bits per heavy atom. The molecule has 2 heteroatoms. The summed E-state index contributed by atoms with van der Waals surface area (Å²) in [7, 11) is 0. The minimum Gasteiger partial charge on any atom is -0.293 e. The number of thiophene rings is 1. The Hall–Kier alpha value is -1.41. The zero-order valence-electron chi connectivity index (χ0n) is 11.8. The second-order valence-corrected chi connectivity index (χ2v) is 6.67. The number of carbonyl (C=O) groups excluding carboxylic acids is 1. The first-order valence-electron chi connectivity index (χ1n) is 7.44. The third kappa shape index (κ3) is 2.71. The molecule has 1 aliphatic rings. The quantitative estimate of drug-likeness (QED) is 0.685. The van der Waals surface area contributed by atoms with Gasteiger partial charge in [-0.15, -0.1) is 11.3 Å². The SMILES string of the molecule is CC(C(=O)c1cc(-c2ccccc2)cs1)C1CCCC1. The number of carbonyl (C=O) groups is 1. The lowest BCUT2D eigenvalue weighted by atomic mass is 9.88. The summed E-state index contributed by atoms with van der Waals surface area (Å²) in [4.78, 5) is 13.5.